The maximum Gasteiger partial charge on any atom is 0.129 e. The highest BCUT2D eigenvalue weighted by molar-refractivity contribution is 6.29. The second-order valence-corrected chi connectivity index (χ2v) is 5.34. The molecule has 0 bridgehead atoms. The molecule has 1 saturated heterocycles. The van der Waals surface area contributed by atoms with E-state index in [2.05, 4.69) is 14.9 Å². The van der Waals surface area contributed by atoms with Crippen molar-refractivity contribution in [2.75, 3.05) is 13.1 Å². The zero-order chi connectivity index (χ0) is 12.6. The van der Waals surface area contributed by atoms with E-state index in [1.165, 1.54) is 0 Å². The van der Waals surface area contributed by atoms with Crippen LogP contribution in [0.5, 0.6) is 0 Å². The number of nitrogens with one attached hydrogen (secondary N) is 1. The smallest absolute Gasteiger partial charge is 0.129 e. The van der Waals surface area contributed by atoms with Gasteiger partial charge in [-0.1, -0.05) is 11.6 Å². The number of nitrogens with zero attached hydrogens (tertiary/aromatic N) is 2. The molecule has 5 heteroatoms. The molecule has 1 aliphatic rings. The minimum Gasteiger partial charge on any atom is -0.388 e. The summed E-state index contributed by atoms with van der Waals surface area (Å²) in [5.74, 6) is 0. The molecule has 3 rings (SSSR count). The quantitative estimate of drug-likeness (QED) is 0.815. The molecule has 2 aromatic rings. The summed E-state index contributed by atoms with van der Waals surface area (Å²) in [6, 6.07) is 5.67. The zero-order valence-corrected chi connectivity index (χ0v) is 10.8. The molecule has 18 heavy (non-hydrogen) atoms. The summed E-state index contributed by atoms with van der Waals surface area (Å²) >= 11 is 5.87. The van der Waals surface area contributed by atoms with Crippen LogP contribution in [0.1, 0.15) is 12.8 Å². The van der Waals surface area contributed by atoms with E-state index in [9.17, 15) is 5.11 Å². The van der Waals surface area contributed by atoms with Gasteiger partial charge in [0.05, 0.1) is 23.2 Å². The average Bonchev–Trinajstić information content (AvgIpc) is 2.72. The number of pyridine rings is 1. The van der Waals surface area contributed by atoms with Crippen LogP contribution in [0.4, 0.5) is 0 Å². The molecule has 4 nitrogen and oxygen atoms in total. The highest BCUT2D eigenvalue weighted by atomic mass is 35.5. The molecule has 96 valence electrons. The van der Waals surface area contributed by atoms with Crippen LogP contribution in [-0.4, -0.2) is 33.3 Å². The Morgan fingerprint density at radius 3 is 2.89 bits per heavy atom. The SMILES string of the molecule is OC1(Cn2ccc3nc(Cl)ccc32)CCNCC1. The van der Waals surface area contributed by atoms with Crippen LogP contribution < -0.4 is 5.32 Å². The van der Waals surface area contributed by atoms with Crippen LogP contribution in [0.3, 0.4) is 0 Å². The minimum absolute atomic E-state index is 0.501. The van der Waals surface area contributed by atoms with Crippen molar-refractivity contribution in [3.05, 3.63) is 29.5 Å². The lowest BCUT2D eigenvalue weighted by Gasteiger charge is -2.33. The Bertz CT molecular complexity index is 560. The lowest BCUT2D eigenvalue weighted by molar-refractivity contribution is -0.00432. The van der Waals surface area contributed by atoms with Crippen molar-refractivity contribution >= 4 is 22.6 Å². The molecule has 2 N–H and O–H groups in total. The Morgan fingerprint density at radius 1 is 1.33 bits per heavy atom. The lowest BCUT2D eigenvalue weighted by atomic mass is 9.92. The van der Waals surface area contributed by atoms with Crippen molar-refractivity contribution < 1.29 is 5.11 Å². The minimum atomic E-state index is -0.614. The summed E-state index contributed by atoms with van der Waals surface area (Å²) in [7, 11) is 0. The molecular formula is C13H16ClN3O. The molecule has 0 saturated carbocycles. The highest BCUT2D eigenvalue weighted by Gasteiger charge is 2.29. The zero-order valence-electron chi connectivity index (χ0n) is 10.1. The van der Waals surface area contributed by atoms with Gasteiger partial charge in [-0.2, -0.15) is 0 Å². The Labute approximate surface area is 111 Å². The van der Waals surface area contributed by atoms with Gasteiger partial charge in [0, 0.05) is 6.20 Å². The topological polar surface area (TPSA) is 50.1 Å². The largest absolute Gasteiger partial charge is 0.388 e. The number of piperidine rings is 1. The summed E-state index contributed by atoms with van der Waals surface area (Å²) < 4.78 is 2.06. The van der Waals surface area contributed by atoms with Gasteiger partial charge in [0.1, 0.15) is 5.15 Å². The van der Waals surface area contributed by atoms with Gasteiger partial charge in [-0.3, -0.25) is 0 Å². The van der Waals surface area contributed by atoms with Gasteiger partial charge in [0.2, 0.25) is 0 Å². The van der Waals surface area contributed by atoms with Crippen LogP contribution in [0.15, 0.2) is 24.4 Å². The van der Waals surface area contributed by atoms with Gasteiger partial charge in [0.25, 0.3) is 0 Å². The van der Waals surface area contributed by atoms with Crippen LogP contribution in [-0.2, 0) is 6.54 Å². The standard InChI is InChI=1S/C13H16ClN3O/c14-12-2-1-11-10(16-12)3-8-17(11)9-13(18)4-6-15-7-5-13/h1-3,8,15,18H,4-7,9H2. The van der Waals surface area contributed by atoms with E-state index >= 15 is 0 Å². The van der Waals surface area contributed by atoms with Crippen molar-refractivity contribution in [3.8, 4) is 0 Å². The first kappa shape index (κ1) is 12.0. The van der Waals surface area contributed by atoms with E-state index in [4.69, 9.17) is 11.6 Å². The Balaban J connectivity index is 1.90. The summed E-state index contributed by atoms with van der Waals surface area (Å²) in [6.45, 7) is 2.36. The van der Waals surface area contributed by atoms with Crippen molar-refractivity contribution in [1.29, 1.82) is 0 Å². The van der Waals surface area contributed by atoms with E-state index in [1.807, 2.05) is 18.3 Å². The van der Waals surface area contributed by atoms with Crippen LogP contribution >= 0.6 is 11.6 Å². The summed E-state index contributed by atoms with van der Waals surface area (Å²) in [5, 5.41) is 14.3. The van der Waals surface area contributed by atoms with Crippen molar-refractivity contribution in [1.82, 2.24) is 14.9 Å². The van der Waals surface area contributed by atoms with Gasteiger partial charge in [-0.05, 0) is 44.1 Å². The summed E-state index contributed by atoms with van der Waals surface area (Å²) in [4.78, 5) is 4.26. The van der Waals surface area contributed by atoms with Gasteiger partial charge < -0.3 is 15.0 Å². The first-order valence-electron chi connectivity index (χ1n) is 6.21. The van der Waals surface area contributed by atoms with Crippen LogP contribution in [0.25, 0.3) is 11.0 Å². The average molecular weight is 266 g/mol. The molecule has 0 aromatic carbocycles. The number of aromatic nitrogens is 2. The van der Waals surface area contributed by atoms with Gasteiger partial charge >= 0.3 is 0 Å². The number of rotatable bonds is 2. The number of hydrogen-bond donors (Lipinski definition) is 2. The van der Waals surface area contributed by atoms with Crippen LogP contribution in [0.2, 0.25) is 5.15 Å². The third-order valence-corrected chi connectivity index (χ3v) is 3.80. The van der Waals surface area contributed by atoms with E-state index < -0.39 is 5.60 Å². The molecule has 0 aliphatic carbocycles. The molecule has 3 heterocycles. The fraction of sp³-hybridized carbons (Fsp3) is 0.462. The molecule has 0 unspecified atom stereocenters. The molecule has 1 fully saturated rings. The van der Waals surface area contributed by atoms with Gasteiger partial charge in [-0.25, -0.2) is 4.98 Å². The van der Waals surface area contributed by atoms with Crippen molar-refractivity contribution in [2.45, 2.75) is 25.0 Å². The van der Waals surface area contributed by atoms with E-state index in [0.29, 0.717) is 11.7 Å². The third kappa shape index (κ3) is 2.23. The molecular weight excluding hydrogens is 250 g/mol. The number of fused-ring (bicyclic) bond motifs is 1. The summed E-state index contributed by atoms with van der Waals surface area (Å²) in [6.07, 6.45) is 3.54. The molecule has 0 atom stereocenters. The second kappa shape index (κ2) is 4.53. The molecule has 0 radical (unpaired) electrons. The first-order valence-corrected chi connectivity index (χ1v) is 6.59. The number of aliphatic hydroxyl groups is 1. The maximum absolute atomic E-state index is 10.5. The number of halogens is 1. The van der Waals surface area contributed by atoms with Gasteiger partial charge in [-0.15, -0.1) is 0 Å². The highest BCUT2D eigenvalue weighted by Crippen LogP contribution is 2.24. The Hall–Kier alpha value is -1.10. The normalized spacial score (nSPS) is 19.2. The third-order valence-electron chi connectivity index (χ3n) is 3.59. The lowest BCUT2D eigenvalue weighted by Crippen LogP contribution is -2.44. The van der Waals surface area contributed by atoms with Crippen LogP contribution in [0, 0.1) is 0 Å². The van der Waals surface area contributed by atoms with Crippen molar-refractivity contribution in [2.24, 2.45) is 0 Å². The molecule has 1 aliphatic heterocycles. The monoisotopic (exact) mass is 265 g/mol. The van der Waals surface area contributed by atoms with Crippen molar-refractivity contribution in [3.63, 3.8) is 0 Å². The second-order valence-electron chi connectivity index (χ2n) is 4.96. The fourth-order valence-electron chi connectivity index (χ4n) is 2.55. The van der Waals surface area contributed by atoms with E-state index in [-0.39, 0.29) is 0 Å². The Kier molecular flexibility index (Phi) is 3.01. The molecule has 2 aromatic heterocycles. The maximum atomic E-state index is 10.5. The predicted octanol–water partition coefficient (Wildman–Crippen LogP) is 1.80. The Morgan fingerprint density at radius 2 is 2.11 bits per heavy atom. The predicted molar refractivity (Wildman–Crippen MR) is 71.8 cm³/mol. The summed E-state index contributed by atoms with van der Waals surface area (Å²) in [5.41, 5.74) is 1.28. The van der Waals surface area contributed by atoms with E-state index in [0.717, 1.165) is 37.0 Å². The fourth-order valence-corrected chi connectivity index (χ4v) is 2.71. The molecule has 0 amide bonds. The molecule has 0 spiro atoms. The van der Waals surface area contributed by atoms with Gasteiger partial charge in [0.15, 0.2) is 0 Å². The first-order chi connectivity index (χ1) is 8.66. The van der Waals surface area contributed by atoms with E-state index in [1.54, 1.807) is 6.07 Å². The number of hydrogen-bond acceptors (Lipinski definition) is 3.